The Hall–Kier alpha value is -1.44. The Balaban J connectivity index is 1.50. The normalized spacial score (nSPS) is 29.0. The van der Waals surface area contributed by atoms with Crippen molar-refractivity contribution in [3.63, 3.8) is 0 Å². The first-order valence-corrected chi connectivity index (χ1v) is 8.84. The Morgan fingerprint density at radius 1 is 1.38 bits per heavy atom. The Morgan fingerprint density at radius 2 is 2.12 bits per heavy atom. The van der Waals surface area contributed by atoms with E-state index in [2.05, 4.69) is 34.1 Å². The number of nitrogens with one attached hydrogen (secondary N) is 1. The van der Waals surface area contributed by atoms with Crippen LogP contribution < -0.4 is 5.32 Å². The molecule has 0 aromatic carbocycles. The van der Waals surface area contributed by atoms with Gasteiger partial charge in [0.05, 0.1) is 24.4 Å². The van der Waals surface area contributed by atoms with E-state index in [1.807, 2.05) is 6.92 Å². The van der Waals surface area contributed by atoms with E-state index in [0.717, 1.165) is 44.7 Å². The third kappa shape index (κ3) is 4.55. The van der Waals surface area contributed by atoms with E-state index in [1.54, 1.807) is 6.07 Å². The maximum absolute atomic E-state index is 12.2. The van der Waals surface area contributed by atoms with Crippen LogP contribution >= 0.6 is 0 Å². The number of morpholine rings is 1. The summed E-state index contributed by atoms with van der Waals surface area (Å²) in [5.41, 5.74) is 0.764. The fraction of sp³-hybridized carbons (Fsp3) is 0.765. The van der Waals surface area contributed by atoms with Crippen LogP contribution in [-0.4, -0.2) is 71.8 Å². The average Bonchev–Trinajstić information content (AvgIpc) is 3.07. The van der Waals surface area contributed by atoms with Crippen molar-refractivity contribution in [3.8, 4) is 0 Å². The van der Waals surface area contributed by atoms with Crippen LogP contribution in [0, 0.1) is 6.92 Å². The van der Waals surface area contributed by atoms with Gasteiger partial charge in [-0.3, -0.25) is 19.9 Å². The lowest BCUT2D eigenvalue weighted by molar-refractivity contribution is -0.118. The highest BCUT2D eigenvalue weighted by molar-refractivity contribution is 5.91. The van der Waals surface area contributed by atoms with Gasteiger partial charge >= 0.3 is 0 Å². The molecule has 0 unspecified atom stereocenters. The predicted octanol–water partition coefficient (Wildman–Crippen LogP) is 1.50. The number of anilines is 1. The summed E-state index contributed by atoms with van der Waals surface area (Å²) in [6.07, 6.45) is 2.85. The van der Waals surface area contributed by atoms with Crippen molar-refractivity contribution in [1.82, 2.24) is 15.0 Å². The molecular formula is C17H28N4O3. The minimum Gasteiger partial charge on any atom is -0.373 e. The number of nitrogens with zero attached hydrogens (tertiary/aromatic N) is 3. The van der Waals surface area contributed by atoms with Crippen molar-refractivity contribution < 1.29 is 14.1 Å². The van der Waals surface area contributed by atoms with Gasteiger partial charge in [-0.15, -0.1) is 0 Å². The standard InChI is InChI=1S/C17H28N4O3/c1-12-7-17(24-19-12)18-16(22)11-21-6-4-5-15(21)10-20-8-13(2)23-14(3)9-20/h7,13-15H,4-6,8-11H2,1-3H3,(H,18,22)/t13-,14-,15+/m0/s1. The fourth-order valence-corrected chi connectivity index (χ4v) is 3.83. The molecule has 3 heterocycles. The van der Waals surface area contributed by atoms with Gasteiger partial charge in [-0.05, 0) is 40.2 Å². The van der Waals surface area contributed by atoms with E-state index in [1.165, 1.54) is 0 Å². The SMILES string of the molecule is Cc1cc(NC(=O)CN2CCC[C@@H]2CN2C[C@H](C)O[C@@H](C)C2)on1. The van der Waals surface area contributed by atoms with Crippen LogP contribution in [0.3, 0.4) is 0 Å². The monoisotopic (exact) mass is 336 g/mol. The highest BCUT2D eigenvalue weighted by Crippen LogP contribution is 2.20. The Labute approximate surface area is 143 Å². The van der Waals surface area contributed by atoms with Gasteiger partial charge in [0.2, 0.25) is 11.8 Å². The van der Waals surface area contributed by atoms with Gasteiger partial charge in [-0.2, -0.15) is 0 Å². The molecule has 2 saturated heterocycles. The first kappa shape index (κ1) is 17.4. The molecule has 134 valence electrons. The molecule has 0 radical (unpaired) electrons. The molecular weight excluding hydrogens is 308 g/mol. The molecule has 0 spiro atoms. The molecule has 1 aromatic heterocycles. The first-order chi connectivity index (χ1) is 11.5. The Bertz CT molecular complexity index is 552. The summed E-state index contributed by atoms with van der Waals surface area (Å²) in [5, 5.41) is 6.57. The molecule has 0 bridgehead atoms. The summed E-state index contributed by atoms with van der Waals surface area (Å²) in [4.78, 5) is 17.0. The maximum atomic E-state index is 12.2. The minimum absolute atomic E-state index is 0.0400. The highest BCUT2D eigenvalue weighted by Gasteiger charge is 2.30. The molecule has 2 aliphatic heterocycles. The number of aryl methyl sites for hydroxylation is 1. The maximum Gasteiger partial charge on any atom is 0.240 e. The minimum atomic E-state index is -0.0400. The lowest BCUT2D eigenvalue weighted by atomic mass is 10.1. The summed E-state index contributed by atoms with van der Waals surface area (Å²) in [6.45, 7) is 10.4. The lowest BCUT2D eigenvalue weighted by Crippen LogP contribution is -2.50. The molecule has 0 saturated carbocycles. The first-order valence-electron chi connectivity index (χ1n) is 8.84. The van der Waals surface area contributed by atoms with Gasteiger partial charge in [-0.25, -0.2) is 0 Å². The van der Waals surface area contributed by atoms with Gasteiger partial charge < -0.3 is 9.26 Å². The topological polar surface area (TPSA) is 70.8 Å². The third-order valence-corrected chi connectivity index (χ3v) is 4.70. The summed E-state index contributed by atoms with van der Waals surface area (Å²) < 4.78 is 10.9. The predicted molar refractivity (Wildman–Crippen MR) is 90.9 cm³/mol. The van der Waals surface area contributed by atoms with Crippen LogP contribution in [0.2, 0.25) is 0 Å². The zero-order valence-corrected chi connectivity index (χ0v) is 14.8. The lowest BCUT2D eigenvalue weighted by Gasteiger charge is -2.38. The van der Waals surface area contributed by atoms with Crippen molar-refractivity contribution in [3.05, 3.63) is 11.8 Å². The van der Waals surface area contributed by atoms with Crippen molar-refractivity contribution in [1.29, 1.82) is 0 Å². The quantitative estimate of drug-likeness (QED) is 0.878. The highest BCUT2D eigenvalue weighted by atomic mass is 16.5. The van der Waals surface area contributed by atoms with Gasteiger partial charge in [0, 0.05) is 31.7 Å². The third-order valence-electron chi connectivity index (χ3n) is 4.70. The van der Waals surface area contributed by atoms with Gasteiger partial charge in [0.25, 0.3) is 0 Å². The van der Waals surface area contributed by atoms with Gasteiger partial charge in [0.15, 0.2) is 0 Å². The number of amides is 1. The number of rotatable bonds is 5. The van der Waals surface area contributed by atoms with E-state index in [0.29, 0.717) is 18.5 Å². The van der Waals surface area contributed by atoms with Crippen LogP contribution in [0.15, 0.2) is 10.6 Å². The summed E-state index contributed by atoms with van der Waals surface area (Å²) in [6, 6.07) is 2.17. The number of carbonyl (C=O) groups is 1. The molecule has 7 nitrogen and oxygen atoms in total. The molecule has 7 heteroatoms. The van der Waals surface area contributed by atoms with Crippen molar-refractivity contribution in [2.45, 2.75) is 51.9 Å². The second-order valence-corrected chi connectivity index (χ2v) is 7.12. The number of hydrogen-bond acceptors (Lipinski definition) is 6. The molecule has 0 aliphatic carbocycles. The Kier molecular flexibility index (Phi) is 5.53. The molecule has 2 fully saturated rings. The second kappa shape index (κ2) is 7.63. The van der Waals surface area contributed by atoms with Crippen LogP contribution in [0.5, 0.6) is 0 Å². The number of likely N-dealkylation sites (tertiary alicyclic amines) is 1. The van der Waals surface area contributed by atoms with E-state index < -0.39 is 0 Å². The molecule has 1 amide bonds. The van der Waals surface area contributed by atoms with Crippen LogP contribution in [-0.2, 0) is 9.53 Å². The molecule has 1 aromatic rings. The summed E-state index contributed by atoms with van der Waals surface area (Å²) >= 11 is 0. The van der Waals surface area contributed by atoms with E-state index in [4.69, 9.17) is 9.26 Å². The van der Waals surface area contributed by atoms with E-state index in [-0.39, 0.29) is 18.1 Å². The molecule has 1 N–H and O–H groups in total. The molecule has 2 aliphatic rings. The number of ether oxygens (including phenoxy) is 1. The average molecular weight is 336 g/mol. The number of hydrogen-bond donors (Lipinski definition) is 1. The van der Waals surface area contributed by atoms with E-state index in [9.17, 15) is 4.79 Å². The van der Waals surface area contributed by atoms with Crippen LogP contribution in [0.25, 0.3) is 0 Å². The van der Waals surface area contributed by atoms with Crippen LogP contribution in [0.4, 0.5) is 5.88 Å². The molecule has 3 atom stereocenters. The summed E-state index contributed by atoms with van der Waals surface area (Å²) in [5.74, 6) is 0.380. The van der Waals surface area contributed by atoms with Crippen molar-refractivity contribution in [2.24, 2.45) is 0 Å². The number of carbonyl (C=O) groups excluding carboxylic acids is 1. The van der Waals surface area contributed by atoms with Gasteiger partial charge in [0.1, 0.15) is 0 Å². The van der Waals surface area contributed by atoms with Gasteiger partial charge in [-0.1, -0.05) is 5.16 Å². The Morgan fingerprint density at radius 3 is 2.79 bits per heavy atom. The molecule has 24 heavy (non-hydrogen) atoms. The fourth-order valence-electron chi connectivity index (χ4n) is 3.83. The smallest absolute Gasteiger partial charge is 0.240 e. The largest absolute Gasteiger partial charge is 0.373 e. The van der Waals surface area contributed by atoms with Crippen LogP contribution in [0.1, 0.15) is 32.4 Å². The summed E-state index contributed by atoms with van der Waals surface area (Å²) in [7, 11) is 0. The van der Waals surface area contributed by atoms with Crippen molar-refractivity contribution >= 4 is 11.8 Å². The zero-order chi connectivity index (χ0) is 17.1. The van der Waals surface area contributed by atoms with E-state index >= 15 is 0 Å². The number of aromatic nitrogens is 1. The zero-order valence-electron chi connectivity index (χ0n) is 14.8. The van der Waals surface area contributed by atoms with Crippen molar-refractivity contribution in [2.75, 3.05) is 38.0 Å². The second-order valence-electron chi connectivity index (χ2n) is 7.12. The molecule has 3 rings (SSSR count).